The van der Waals surface area contributed by atoms with Gasteiger partial charge in [0.05, 0.1) is 11.6 Å². The molecule has 1 aliphatic carbocycles. The highest BCUT2D eigenvalue weighted by Gasteiger charge is 2.22. The highest BCUT2D eigenvalue weighted by atomic mass is 15.3. The van der Waals surface area contributed by atoms with Crippen LogP contribution < -0.4 is 5.73 Å². The highest BCUT2D eigenvalue weighted by molar-refractivity contribution is 5.82. The smallest absolute Gasteiger partial charge is 0.159 e. The Morgan fingerprint density at radius 3 is 2.61 bits per heavy atom. The molecule has 0 bridgehead atoms. The lowest BCUT2D eigenvalue weighted by molar-refractivity contribution is 0.266. The molecule has 0 unspecified atom stereocenters. The fourth-order valence-electron chi connectivity index (χ4n) is 3.46. The van der Waals surface area contributed by atoms with Gasteiger partial charge in [0.1, 0.15) is 0 Å². The van der Waals surface area contributed by atoms with Crippen molar-refractivity contribution in [3.05, 3.63) is 42.9 Å². The molecule has 2 heterocycles. The Morgan fingerprint density at radius 2 is 1.87 bits per heavy atom. The number of benzene rings is 1. The number of hydrogen-bond donors (Lipinski definition) is 1. The standard InChI is InChI=1S/C18H21N5/c19-11-13-2-5-16(6-3-13)23-12-15-10-14(4-7-17(15)22-23)18-20-8-1-9-21-18/h1,4,7-10,12-13,16H,2-3,5-6,11,19H2/t13-,16-. The van der Waals surface area contributed by atoms with Gasteiger partial charge in [0.2, 0.25) is 0 Å². The summed E-state index contributed by atoms with van der Waals surface area (Å²) >= 11 is 0. The molecule has 0 amide bonds. The van der Waals surface area contributed by atoms with Crippen LogP contribution in [0, 0.1) is 5.92 Å². The van der Waals surface area contributed by atoms with Crippen molar-refractivity contribution < 1.29 is 0 Å². The average molecular weight is 307 g/mol. The van der Waals surface area contributed by atoms with Crippen molar-refractivity contribution >= 4 is 10.9 Å². The first-order chi connectivity index (χ1) is 11.3. The number of fused-ring (bicyclic) bond motifs is 1. The summed E-state index contributed by atoms with van der Waals surface area (Å²) in [5.41, 5.74) is 7.85. The van der Waals surface area contributed by atoms with Crippen LogP contribution in [-0.2, 0) is 0 Å². The van der Waals surface area contributed by atoms with E-state index in [4.69, 9.17) is 10.8 Å². The zero-order valence-corrected chi connectivity index (χ0v) is 13.1. The molecule has 5 heteroatoms. The Hall–Kier alpha value is -2.27. The number of hydrogen-bond acceptors (Lipinski definition) is 4. The maximum absolute atomic E-state index is 5.79. The maximum Gasteiger partial charge on any atom is 0.159 e. The van der Waals surface area contributed by atoms with Gasteiger partial charge in [0, 0.05) is 29.5 Å². The molecule has 3 aromatic rings. The monoisotopic (exact) mass is 307 g/mol. The molecule has 1 fully saturated rings. The first kappa shape index (κ1) is 14.3. The van der Waals surface area contributed by atoms with E-state index >= 15 is 0 Å². The van der Waals surface area contributed by atoms with Gasteiger partial charge in [-0.1, -0.05) is 0 Å². The normalized spacial score (nSPS) is 21.6. The summed E-state index contributed by atoms with van der Waals surface area (Å²) in [5.74, 6) is 1.45. The van der Waals surface area contributed by atoms with Crippen LogP contribution in [0.25, 0.3) is 22.3 Å². The van der Waals surface area contributed by atoms with Crippen LogP contribution >= 0.6 is 0 Å². The van der Waals surface area contributed by atoms with Gasteiger partial charge in [0.25, 0.3) is 0 Å². The first-order valence-electron chi connectivity index (χ1n) is 8.30. The van der Waals surface area contributed by atoms with Crippen LogP contribution in [0.4, 0.5) is 0 Å². The van der Waals surface area contributed by atoms with Crippen molar-refractivity contribution in [2.75, 3.05) is 6.54 Å². The van der Waals surface area contributed by atoms with E-state index in [0.717, 1.165) is 28.8 Å². The second-order valence-corrected chi connectivity index (χ2v) is 6.37. The lowest BCUT2D eigenvalue weighted by atomic mass is 9.86. The van der Waals surface area contributed by atoms with Crippen LogP contribution in [0.15, 0.2) is 42.9 Å². The third-order valence-electron chi connectivity index (χ3n) is 4.87. The molecular formula is C18H21N5. The first-order valence-corrected chi connectivity index (χ1v) is 8.30. The van der Waals surface area contributed by atoms with Crippen molar-refractivity contribution in [2.24, 2.45) is 11.7 Å². The fraction of sp³-hybridized carbons (Fsp3) is 0.389. The minimum absolute atomic E-state index is 0.502. The second-order valence-electron chi connectivity index (χ2n) is 6.37. The Balaban J connectivity index is 1.61. The van der Waals surface area contributed by atoms with Crippen LogP contribution in [0.1, 0.15) is 31.7 Å². The molecule has 118 valence electrons. The average Bonchev–Trinajstić information content (AvgIpc) is 3.06. The van der Waals surface area contributed by atoms with E-state index in [9.17, 15) is 0 Å². The van der Waals surface area contributed by atoms with Crippen LogP contribution in [0.3, 0.4) is 0 Å². The quantitative estimate of drug-likeness (QED) is 0.807. The largest absolute Gasteiger partial charge is 0.330 e. The molecule has 23 heavy (non-hydrogen) atoms. The van der Waals surface area contributed by atoms with E-state index in [1.807, 2.05) is 12.1 Å². The summed E-state index contributed by atoms with van der Waals surface area (Å²) < 4.78 is 2.15. The molecule has 4 rings (SSSR count). The van der Waals surface area contributed by atoms with Crippen LogP contribution in [-0.4, -0.2) is 26.3 Å². The maximum atomic E-state index is 5.79. The van der Waals surface area contributed by atoms with Crippen LogP contribution in [0.2, 0.25) is 0 Å². The summed E-state index contributed by atoms with van der Waals surface area (Å²) in [6.45, 7) is 0.814. The van der Waals surface area contributed by atoms with E-state index in [-0.39, 0.29) is 0 Å². The molecule has 2 aromatic heterocycles. The number of nitrogens with two attached hydrogens (primary N) is 1. The zero-order chi connectivity index (χ0) is 15.6. The van der Waals surface area contributed by atoms with E-state index in [0.29, 0.717) is 12.0 Å². The summed E-state index contributed by atoms with van der Waals surface area (Å²) in [6, 6.07) is 8.56. The molecule has 0 radical (unpaired) electrons. The molecule has 1 saturated carbocycles. The second kappa shape index (κ2) is 6.08. The summed E-state index contributed by atoms with van der Waals surface area (Å²) in [6.07, 6.45) is 10.5. The van der Waals surface area contributed by atoms with Crippen molar-refractivity contribution in [3.63, 3.8) is 0 Å². The van der Waals surface area contributed by atoms with Crippen molar-refractivity contribution in [1.82, 2.24) is 19.7 Å². The lowest BCUT2D eigenvalue weighted by Gasteiger charge is -2.27. The molecule has 2 N–H and O–H groups in total. The summed E-state index contributed by atoms with van der Waals surface area (Å²) in [4.78, 5) is 8.64. The van der Waals surface area contributed by atoms with E-state index in [1.54, 1.807) is 12.4 Å². The van der Waals surface area contributed by atoms with Gasteiger partial charge in [-0.05, 0) is 62.4 Å². The minimum Gasteiger partial charge on any atom is -0.330 e. The Kier molecular flexibility index (Phi) is 3.79. The van der Waals surface area contributed by atoms with Crippen molar-refractivity contribution in [1.29, 1.82) is 0 Å². The van der Waals surface area contributed by atoms with Gasteiger partial charge in [0.15, 0.2) is 5.82 Å². The Labute approximate surface area is 135 Å². The molecule has 1 aromatic carbocycles. The fourth-order valence-corrected chi connectivity index (χ4v) is 3.46. The summed E-state index contributed by atoms with van der Waals surface area (Å²) in [7, 11) is 0. The molecule has 0 atom stereocenters. The zero-order valence-electron chi connectivity index (χ0n) is 13.1. The molecule has 0 spiro atoms. The van der Waals surface area contributed by atoms with Crippen molar-refractivity contribution in [2.45, 2.75) is 31.7 Å². The SMILES string of the molecule is NC[C@H]1CC[C@H](n2cc3cc(-c4ncccn4)ccc3n2)CC1. The predicted octanol–water partition coefficient (Wildman–Crippen LogP) is 3.18. The predicted molar refractivity (Wildman–Crippen MR) is 90.8 cm³/mol. The summed E-state index contributed by atoms with van der Waals surface area (Å²) in [5, 5.41) is 5.92. The number of aromatic nitrogens is 4. The molecular weight excluding hydrogens is 286 g/mol. The molecule has 1 aliphatic rings. The Bertz CT molecular complexity index is 788. The van der Waals surface area contributed by atoms with Gasteiger partial charge in [-0.15, -0.1) is 0 Å². The third-order valence-corrected chi connectivity index (χ3v) is 4.87. The molecule has 0 saturated heterocycles. The molecule has 0 aliphatic heterocycles. The number of rotatable bonds is 3. The van der Waals surface area contributed by atoms with Crippen LogP contribution in [0.5, 0.6) is 0 Å². The molecule has 5 nitrogen and oxygen atoms in total. The Morgan fingerprint density at radius 1 is 1.09 bits per heavy atom. The highest BCUT2D eigenvalue weighted by Crippen LogP contribution is 2.32. The van der Waals surface area contributed by atoms with Gasteiger partial charge in [-0.2, -0.15) is 5.10 Å². The van der Waals surface area contributed by atoms with E-state index in [1.165, 1.54) is 25.7 Å². The van der Waals surface area contributed by atoms with E-state index in [2.05, 4.69) is 33.0 Å². The van der Waals surface area contributed by atoms with Gasteiger partial charge >= 0.3 is 0 Å². The minimum atomic E-state index is 0.502. The lowest BCUT2D eigenvalue weighted by Crippen LogP contribution is -2.23. The van der Waals surface area contributed by atoms with E-state index < -0.39 is 0 Å². The van der Waals surface area contributed by atoms with Gasteiger partial charge in [-0.25, -0.2) is 9.97 Å². The number of nitrogens with zero attached hydrogens (tertiary/aromatic N) is 4. The van der Waals surface area contributed by atoms with Crippen molar-refractivity contribution in [3.8, 4) is 11.4 Å². The topological polar surface area (TPSA) is 69.6 Å². The van der Waals surface area contributed by atoms with Gasteiger partial charge < -0.3 is 5.73 Å². The van der Waals surface area contributed by atoms with Gasteiger partial charge in [-0.3, -0.25) is 4.68 Å². The third kappa shape index (κ3) is 2.84.